The normalized spacial score (nSPS) is 10.6. The molecule has 7 heteroatoms. The van der Waals surface area contributed by atoms with Gasteiger partial charge in [0.25, 0.3) is 5.91 Å². The van der Waals surface area contributed by atoms with Gasteiger partial charge in [-0.1, -0.05) is 18.2 Å². The van der Waals surface area contributed by atoms with E-state index in [1.807, 2.05) is 6.07 Å². The first-order valence-electron chi connectivity index (χ1n) is 6.76. The number of nitrogens with one attached hydrogen (secondary N) is 2. The number of carboxylic acid groups (broad SMARTS) is 1. The number of hydrogen-bond acceptors (Lipinski definition) is 4. The van der Waals surface area contributed by atoms with Crippen molar-refractivity contribution < 1.29 is 24.2 Å². The predicted octanol–water partition coefficient (Wildman–Crippen LogP) is 0.409. The summed E-state index contributed by atoms with van der Waals surface area (Å²) in [6.45, 7) is 2.56. The Morgan fingerprint density at radius 1 is 1.09 bits per heavy atom. The second-order valence-corrected chi connectivity index (χ2v) is 5.34. The summed E-state index contributed by atoms with van der Waals surface area (Å²) in [6, 6.07) is 8.83. The van der Waals surface area contributed by atoms with Crippen LogP contribution in [0.2, 0.25) is 0 Å². The third-order valence-corrected chi connectivity index (χ3v) is 2.87. The highest BCUT2D eigenvalue weighted by molar-refractivity contribution is 5.85. The Morgan fingerprint density at radius 3 is 2.32 bits per heavy atom. The Kier molecular flexibility index (Phi) is 6.37. The monoisotopic (exact) mass is 308 g/mol. The Bertz CT molecular complexity index is 528. The first-order chi connectivity index (χ1) is 10.3. The molecule has 120 valence electrons. The maximum Gasteiger partial charge on any atom is 0.310 e. The van der Waals surface area contributed by atoms with Crippen LogP contribution in [-0.2, 0) is 14.4 Å². The number of rotatable bonds is 8. The van der Waals surface area contributed by atoms with Gasteiger partial charge in [0.05, 0.1) is 12.0 Å². The molecule has 22 heavy (non-hydrogen) atoms. The second-order valence-electron chi connectivity index (χ2n) is 5.34. The number of aliphatic carboxylic acids is 1. The van der Waals surface area contributed by atoms with Crippen LogP contribution in [0.15, 0.2) is 30.3 Å². The molecule has 0 aliphatic heterocycles. The highest BCUT2D eigenvalue weighted by atomic mass is 16.5. The first-order valence-corrected chi connectivity index (χ1v) is 6.76. The fourth-order valence-corrected chi connectivity index (χ4v) is 1.35. The zero-order chi connectivity index (χ0) is 16.6. The fourth-order valence-electron chi connectivity index (χ4n) is 1.35. The molecule has 7 nitrogen and oxygen atoms in total. The number of para-hydroxylation sites is 1. The van der Waals surface area contributed by atoms with E-state index in [2.05, 4.69) is 10.6 Å². The van der Waals surface area contributed by atoms with Crippen LogP contribution in [0.4, 0.5) is 0 Å². The van der Waals surface area contributed by atoms with Gasteiger partial charge in [-0.2, -0.15) is 0 Å². The van der Waals surface area contributed by atoms with Crippen LogP contribution in [-0.4, -0.2) is 42.6 Å². The summed E-state index contributed by atoms with van der Waals surface area (Å²) in [5.41, 5.74) is -1.06. The lowest BCUT2D eigenvalue weighted by Crippen LogP contribution is -2.44. The van der Waals surface area contributed by atoms with Crippen LogP contribution in [0.1, 0.15) is 13.8 Å². The number of benzene rings is 1. The quantitative estimate of drug-likeness (QED) is 0.645. The molecule has 1 rings (SSSR count). The fraction of sp³-hybridized carbons (Fsp3) is 0.400. The minimum Gasteiger partial charge on any atom is -0.484 e. The minimum atomic E-state index is -1.06. The average Bonchev–Trinajstić information content (AvgIpc) is 2.49. The molecule has 0 aromatic heterocycles. The van der Waals surface area contributed by atoms with E-state index in [0.717, 1.165) is 0 Å². The second kappa shape index (κ2) is 8.02. The van der Waals surface area contributed by atoms with Crippen LogP contribution in [0.3, 0.4) is 0 Å². The van der Waals surface area contributed by atoms with Gasteiger partial charge in [0.1, 0.15) is 5.75 Å². The molecule has 0 unspecified atom stereocenters. The Morgan fingerprint density at radius 2 is 1.73 bits per heavy atom. The van der Waals surface area contributed by atoms with E-state index in [0.29, 0.717) is 5.75 Å². The summed E-state index contributed by atoms with van der Waals surface area (Å²) in [7, 11) is 0. The molecule has 0 bridgehead atoms. The lowest BCUT2D eigenvalue weighted by molar-refractivity contribution is -0.146. The number of carboxylic acids is 1. The highest BCUT2D eigenvalue weighted by Crippen LogP contribution is 2.12. The maximum absolute atomic E-state index is 11.5. The molecule has 0 aliphatic rings. The predicted molar refractivity (Wildman–Crippen MR) is 79.4 cm³/mol. The van der Waals surface area contributed by atoms with E-state index in [9.17, 15) is 14.4 Å². The lowest BCUT2D eigenvalue weighted by atomic mass is 9.94. The van der Waals surface area contributed by atoms with Gasteiger partial charge in [0.2, 0.25) is 5.91 Å². The van der Waals surface area contributed by atoms with E-state index in [1.54, 1.807) is 24.3 Å². The van der Waals surface area contributed by atoms with Crippen molar-refractivity contribution in [1.29, 1.82) is 0 Å². The summed E-state index contributed by atoms with van der Waals surface area (Å²) in [6.07, 6.45) is 0. The Labute approximate surface area is 128 Å². The molecule has 0 saturated carbocycles. The largest absolute Gasteiger partial charge is 0.484 e. The molecule has 3 N–H and O–H groups in total. The third kappa shape index (κ3) is 6.25. The van der Waals surface area contributed by atoms with Crippen LogP contribution < -0.4 is 15.4 Å². The minimum absolute atomic E-state index is 0.0163. The van der Waals surface area contributed by atoms with Crippen molar-refractivity contribution in [1.82, 2.24) is 10.6 Å². The zero-order valence-electron chi connectivity index (χ0n) is 12.6. The summed E-state index contributed by atoms with van der Waals surface area (Å²) >= 11 is 0. The zero-order valence-corrected chi connectivity index (χ0v) is 12.6. The molecule has 1 aromatic rings. The van der Waals surface area contributed by atoms with Crippen molar-refractivity contribution in [2.24, 2.45) is 5.41 Å². The highest BCUT2D eigenvalue weighted by Gasteiger charge is 2.27. The van der Waals surface area contributed by atoms with Crippen molar-refractivity contribution in [2.45, 2.75) is 13.8 Å². The van der Waals surface area contributed by atoms with Crippen LogP contribution in [0.25, 0.3) is 0 Å². The van der Waals surface area contributed by atoms with Crippen LogP contribution >= 0.6 is 0 Å². The number of hydrogen-bond donors (Lipinski definition) is 3. The van der Waals surface area contributed by atoms with Gasteiger partial charge < -0.3 is 20.5 Å². The smallest absolute Gasteiger partial charge is 0.310 e. The van der Waals surface area contributed by atoms with E-state index in [-0.39, 0.29) is 19.7 Å². The first kappa shape index (κ1) is 17.5. The molecule has 0 fully saturated rings. The van der Waals surface area contributed by atoms with Crippen molar-refractivity contribution in [3.05, 3.63) is 30.3 Å². The summed E-state index contributed by atoms with van der Waals surface area (Å²) < 4.78 is 5.22. The summed E-state index contributed by atoms with van der Waals surface area (Å²) in [5, 5.41) is 13.8. The molecule has 0 radical (unpaired) electrons. The molecule has 0 spiro atoms. The van der Waals surface area contributed by atoms with Crippen molar-refractivity contribution >= 4 is 17.8 Å². The van der Waals surface area contributed by atoms with Crippen molar-refractivity contribution in [3.63, 3.8) is 0 Å². The topological polar surface area (TPSA) is 105 Å². The van der Waals surface area contributed by atoms with Gasteiger partial charge >= 0.3 is 5.97 Å². The molecule has 0 saturated heterocycles. The van der Waals surface area contributed by atoms with Crippen LogP contribution in [0, 0.1) is 5.41 Å². The van der Waals surface area contributed by atoms with E-state index in [1.165, 1.54) is 13.8 Å². The van der Waals surface area contributed by atoms with E-state index >= 15 is 0 Å². The summed E-state index contributed by atoms with van der Waals surface area (Å²) in [5.74, 6) is -1.34. The van der Waals surface area contributed by atoms with Crippen LogP contribution in [0.5, 0.6) is 5.75 Å². The van der Waals surface area contributed by atoms with Crippen molar-refractivity contribution in [3.8, 4) is 5.75 Å². The molecule has 1 aromatic carbocycles. The summed E-state index contributed by atoms with van der Waals surface area (Å²) in [4.78, 5) is 33.9. The lowest BCUT2D eigenvalue weighted by Gasteiger charge is -2.19. The van der Waals surface area contributed by atoms with E-state index < -0.39 is 23.2 Å². The van der Waals surface area contributed by atoms with Gasteiger partial charge in [-0.05, 0) is 26.0 Å². The van der Waals surface area contributed by atoms with Gasteiger partial charge in [-0.15, -0.1) is 0 Å². The third-order valence-electron chi connectivity index (χ3n) is 2.87. The SMILES string of the molecule is CC(C)(CNC(=O)CNC(=O)COc1ccccc1)C(=O)O. The van der Waals surface area contributed by atoms with E-state index in [4.69, 9.17) is 9.84 Å². The molecule has 2 amide bonds. The molecule has 0 atom stereocenters. The number of amides is 2. The molecular weight excluding hydrogens is 288 g/mol. The average molecular weight is 308 g/mol. The van der Waals surface area contributed by atoms with Gasteiger partial charge in [0, 0.05) is 6.54 Å². The number of carbonyl (C=O) groups is 3. The molecular formula is C15H20N2O5. The van der Waals surface area contributed by atoms with Gasteiger partial charge in [0.15, 0.2) is 6.61 Å². The van der Waals surface area contributed by atoms with Gasteiger partial charge in [-0.3, -0.25) is 14.4 Å². The number of ether oxygens (including phenoxy) is 1. The van der Waals surface area contributed by atoms with Crippen molar-refractivity contribution in [2.75, 3.05) is 19.7 Å². The standard InChI is InChI=1S/C15H20N2O5/c1-15(2,14(20)21)10-17-12(18)8-16-13(19)9-22-11-6-4-3-5-7-11/h3-7H,8-10H2,1-2H3,(H,16,19)(H,17,18)(H,20,21). The maximum atomic E-state index is 11.5. The molecule has 0 heterocycles. The number of carbonyl (C=O) groups excluding carboxylic acids is 2. The van der Waals surface area contributed by atoms with Gasteiger partial charge in [-0.25, -0.2) is 0 Å². The Hall–Kier alpha value is -2.57. The molecule has 0 aliphatic carbocycles. The Balaban J connectivity index is 2.23.